The van der Waals surface area contributed by atoms with E-state index in [1.807, 2.05) is 0 Å². The average molecular weight is 381 g/mol. The number of halogens is 3. The number of anilines is 2. The van der Waals surface area contributed by atoms with Crippen molar-refractivity contribution in [2.45, 2.75) is 38.9 Å². The summed E-state index contributed by atoms with van der Waals surface area (Å²) in [5.74, 6) is -0.841. The van der Waals surface area contributed by atoms with Crippen molar-refractivity contribution < 1.29 is 18.0 Å². The number of carbonyl (C=O) groups excluding carboxylic acids is 1. The molecule has 1 N–H and O–H groups in total. The maximum atomic E-state index is 13.6. The number of rotatable bonds is 5. The highest BCUT2D eigenvalue weighted by atomic mass is 19.4. The Hall–Kier alpha value is -2.58. The van der Waals surface area contributed by atoms with Gasteiger partial charge in [-0.05, 0) is 37.5 Å². The van der Waals surface area contributed by atoms with Crippen LogP contribution >= 0.6 is 0 Å². The van der Waals surface area contributed by atoms with Crippen molar-refractivity contribution in [2.75, 3.05) is 23.3 Å². The predicted molar refractivity (Wildman–Crippen MR) is 95.3 cm³/mol. The van der Waals surface area contributed by atoms with Crippen LogP contribution < -0.4 is 10.2 Å². The van der Waals surface area contributed by atoms with E-state index in [1.54, 1.807) is 11.8 Å². The molecule has 1 aromatic carbocycles. The summed E-state index contributed by atoms with van der Waals surface area (Å²) in [6.45, 7) is 3.21. The molecule has 9 heteroatoms. The molecule has 0 spiro atoms. The van der Waals surface area contributed by atoms with Crippen LogP contribution in [0.2, 0.25) is 0 Å². The highest BCUT2D eigenvalue weighted by molar-refractivity contribution is 5.92. The second-order valence-corrected chi connectivity index (χ2v) is 6.79. The summed E-state index contributed by atoms with van der Waals surface area (Å²) in [6.07, 6.45) is 1.17. The van der Waals surface area contributed by atoms with Gasteiger partial charge in [0.05, 0.1) is 18.0 Å². The van der Waals surface area contributed by atoms with Gasteiger partial charge in [-0.1, -0.05) is 6.92 Å². The maximum Gasteiger partial charge on any atom is 0.418 e. The van der Waals surface area contributed by atoms with Gasteiger partial charge in [-0.2, -0.15) is 18.3 Å². The largest absolute Gasteiger partial charge is 0.418 e. The van der Waals surface area contributed by atoms with E-state index in [2.05, 4.69) is 15.4 Å². The number of amides is 1. The normalized spacial score (nSPS) is 16.2. The minimum Gasteiger partial charge on any atom is -0.371 e. The molecule has 2 heterocycles. The molecule has 1 saturated heterocycles. The standard InChI is InChI=1S/C18H22F3N5O/c1-13(10-26-12-22-11-23-26)17(27)24-14-5-6-16(15(9-14)18(19,20)21)25-7-3-2-4-8-25/h5-6,9,11-13H,2-4,7-8,10H2,1H3,(H,24,27). The number of aromatic nitrogens is 3. The van der Waals surface area contributed by atoms with Crippen molar-refractivity contribution in [1.29, 1.82) is 0 Å². The summed E-state index contributed by atoms with van der Waals surface area (Å²) >= 11 is 0. The van der Waals surface area contributed by atoms with Crippen LogP contribution in [0.5, 0.6) is 0 Å². The molecule has 6 nitrogen and oxygen atoms in total. The SMILES string of the molecule is CC(Cn1cncn1)C(=O)Nc1ccc(N2CCCCC2)c(C(F)(F)F)c1. The van der Waals surface area contributed by atoms with E-state index in [4.69, 9.17) is 0 Å². The molecule has 1 amide bonds. The van der Waals surface area contributed by atoms with Gasteiger partial charge in [0.2, 0.25) is 5.91 Å². The molecule has 27 heavy (non-hydrogen) atoms. The fourth-order valence-corrected chi connectivity index (χ4v) is 3.21. The van der Waals surface area contributed by atoms with Gasteiger partial charge in [0, 0.05) is 24.5 Å². The molecule has 1 aliphatic rings. The van der Waals surface area contributed by atoms with Crippen LogP contribution in [0.15, 0.2) is 30.9 Å². The first-order valence-electron chi connectivity index (χ1n) is 8.94. The number of alkyl halides is 3. The van der Waals surface area contributed by atoms with Gasteiger partial charge in [0.25, 0.3) is 0 Å². The third kappa shape index (κ3) is 4.78. The van der Waals surface area contributed by atoms with Crippen molar-refractivity contribution in [3.05, 3.63) is 36.4 Å². The zero-order chi connectivity index (χ0) is 19.4. The van der Waals surface area contributed by atoms with Gasteiger partial charge in [-0.25, -0.2) is 4.98 Å². The fraction of sp³-hybridized carbons (Fsp3) is 0.500. The minimum absolute atomic E-state index is 0.138. The van der Waals surface area contributed by atoms with Crippen LogP contribution in [0.4, 0.5) is 24.5 Å². The molecule has 0 saturated carbocycles. The highest BCUT2D eigenvalue weighted by Crippen LogP contribution is 2.39. The summed E-state index contributed by atoms with van der Waals surface area (Å²) in [6, 6.07) is 4.00. The monoisotopic (exact) mass is 381 g/mol. The molecule has 1 aromatic heterocycles. The van der Waals surface area contributed by atoms with Crippen molar-refractivity contribution in [3.8, 4) is 0 Å². The van der Waals surface area contributed by atoms with E-state index in [-0.39, 0.29) is 17.3 Å². The molecular weight excluding hydrogens is 359 g/mol. The number of hydrogen-bond donors (Lipinski definition) is 1. The number of carbonyl (C=O) groups is 1. The Balaban J connectivity index is 1.76. The molecule has 1 atom stereocenters. The number of piperidine rings is 1. The summed E-state index contributed by atoms with van der Waals surface area (Å²) in [5, 5.41) is 6.50. The van der Waals surface area contributed by atoms with Crippen molar-refractivity contribution in [2.24, 2.45) is 5.92 Å². The summed E-state index contributed by atoms with van der Waals surface area (Å²) in [4.78, 5) is 17.9. The highest BCUT2D eigenvalue weighted by Gasteiger charge is 2.35. The number of nitrogens with zero attached hydrogens (tertiary/aromatic N) is 4. The average Bonchev–Trinajstić information content (AvgIpc) is 3.14. The van der Waals surface area contributed by atoms with Crippen LogP contribution in [0, 0.1) is 5.92 Å². The lowest BCUT2D eigenvalue weighted by atomic mass is 10.1. The Labute approximate surface area is 155 Å². The third-order valence-corrected chi connectivity index (χ3v) is 4.64. The Morgan fingerprint density at radius 2 is 2.00 bits per heavy atom. The maximum absolute atomic E-state index is 13.6. The summed E-state index contributed by atoms with van der Waals surface area (Å²) < 4.78 is 42.2. The van der Waals surface area contributed by atoms with Gasteiger partial charge in [0.15, 0.2) is 0 Å². The Morgan fingerprint density at radius 3 is 2.63 bits per heavy atom. The van der Waals surface area contributed by atoms with Crippen LogP contribution in [0.3, 0.4) is 0 Å². The van der Waals surface area contributed by atoms with Crippen LogP contribution in [-0.4, -0.2) is 33.8 Å². The van der Waals surface area contributed by atoms with Gasteiger partial charge in [0.1, 0.15) is 12.7 Å². The van der Waals surface area contributed by atoms with E-state index in [0.29, 0.717) is 19.6 Å². The van der Waals surface area contributed by atoms with E-state index in [9.17, 15) is 18.0 Å². The first-order valence-corrected chi connectivity index (χ1v) is 8.94. The smallest absolute Gasteiger partial charge is 0.371 e. The Morgan fingerprint density at radius 1 is 1.26 bits per heavy atom. The lowest BCUT2D eigenvalue weighted by Crippen LogP contribution is -2.31. The van der Waals surface area contributed by atoms with E-state index < -0.39 is 17.7 Å². The molecule has 0 bridgehead atoms. The molecule has 1 fully saturated rings. The molecule has 3 rings (SSSR count). The Kier molecular flexibility index (Phi) is 5.67. The molecule has 0 aliphatic carbocycles. The number of benzene rings is 1. The molecule has 1 aliphatic heterocycles. The third-order valence-electron chi connectivity index (χ3n) is 4.64. The van der Waals surface area contributed by atoms with Crippen molar-refractivity contribution >= 4 is 17.3 Å². The van der Waals surface area contributed by atoms with Crippen LogP contribution in [-0.2, 0) is 17.5 Å². The topological polar surface area (TPSA) is 63.1 Å². The zero-order valence-electron chi connectivity index (χ0n) is 15.0. The predicted octanol–water partition coefficient (Wildman–Crippen LogP) is 3.56. The first-order chi connectivity index (χ1) is 12.8. The molecule has 1 unspecified atom stereocenters. The van der Waals surface area contributed by atoms with Gasteiger partial charge in [-0.15, -0.1) is 0 Å². The van der Waals surface area contributed by atoms with Crippen LogP contribution in [0.1, 0.15) is 31.7 Å². The molecule has 146 valence electrons. The molecule has 2 aromatic rings. The van der Waals surface area contributed by atoms with Gasteiger partial charge < -0.3 is 10.2 Å². The lowest BCUT2D eigenvalue weighted by Gasteiger charge is -2.31. The fourth-order valence-electron chi connectivity index (χ4n) is 3.21. The Bertz CT molecular complexity index is 770. The van der Waals surface area contributed by atoms with Gasteiger partial charge >= 0.3 is 6.18 Å². The van der Waals surface area contributed by atoms with E-state index in [1.165, 1.54) is 29.5 Å². The van der Waals surface area contributed by atoms with Crippen molar-refractivity contribution in [1.82, 2.24) is 14.8 Å². The minimum atomic E-state index is -4.49. The molecule has 0 radical (unpaired) electrons. The molecular formula is C18H22F3N5O. The zero-order valence-corrected chi connectivity index (χ0v) is 15.0. The lowest BCUT2D eigenvalue weighted by molar-refractivity contribution is -0.137. The second-order valence-electron chi connectivity index (χ2n) is 6.79. The van der Waals surface area contributed by atoms with Crippen LogP contribution in [0.25, 0.3) is 0 Å². The van der Waals surface area contributed by atoms with E-state index in [0.717, 1.165) is 25.3 Å². The quantitative estimate of drug-likeness (QED) is 0.860. The van der Waals surface area contributed by atoms with Crippen molar-refractivity contribution in [3.63, 3.8) is 0 Å². The first kappa shape index (κ1) is 19.2. The summed E-state index contributed by atoms with van der Waals surface area (Å²) in [5.41, 5.74) is -0.402. The summed E-state index contributed by atoms with van der Waals surface area (Å²) in [7, 11) is 0. The van der Waals surface area contributed by atoms with Gasteiger partial charge in [-0.3, -0.25) is 9.48 Å². The van der Waals surface area contributed by atoms with E-state index >= 15 is 0 Å². The second kappa shape index (κ2) is 7.98. The number of nitrogens with one attached hydrogen (secondary N) is 1. The number of hydrogen-bond acceptors (Lipinski definition) is 4.